The number of unbranched alkanes of at least 4 members (excludes halogenated alkanes) is 2. The highest BCUT2D eigenvalue weighted by Gasteiger charge is 2.29. The first-order valence-electron chi connectivity index (χ1n) is 5.47. The fraction of sp³-hybridized carbons (Fsp3) is 0.818. The van der Waals surface area contributed by atoms with Crippen molar-refractivity contribution in [3.8, 4) is 0 Å². The van der Waals surface area contributed by atoms with E-state index in [0.717, 1.165) is 0 Å². The summed E-state index contributed by atoms with van der Waals surface area (Å²) in [6, 6.07) is 0. The number of allylic oxidation sites excluding steroid dienone is 1. The van der Waals surface area contributed by atoms with E-state index in [1.165, 1.54) is 19.3 Å². The molecule has 0 atom stereocenters. The summed E-state index contributed by atoms with van der Waals surface area (Å²) in [6.07, 6.45) is 6.17. The fourth-order valence-electron chi connectivity index (χ4n) is 1.33. The number of hydrogen-bond acceptors (Lipinski definition) is 2. The van der Waals surface area contributed by atoms with Crippen LogP contribution in [0.1, 0.15) is 26.2 Å². The quantitative estimate of drug-likeness (QED) is 0.495. The Bertz CT molecular complexity index is 168. The van der Waals surface area contributed by atoms with E-state index in [0.29, 0.717) is 0 Å². The van der Waals surface area contributed by atoms with Gasteiger partial charge in [-0.2, -0.15) is 0 Å². The number of nitrogens with zero attached hydrogens (tertiary/aromatic N) is 2. The molecule has 3 heteroatoms. The molecule has 14 heavy (non-hydrogen) atoms. The van der Waals surface area contributed by atoms with Crippen LogP contribution in [0.5, 0.6) is 0 Å². The average molecular weight is 214 g/mol. The molecule has 0 saturated carbocycles. The van der Waals surface area contributed by atoms with Gasteiger partial charge in [0.25, 0.3) is 0 Å². The van der Waals surface area contributed by atoms with Gasteiger partial charge in [-0.05, 0) is 41.2 Å². The van der Waals surface area contributed by atoms with Gasteiger partial charge in [-0.25, -0.2) is 0 Å². The second kappa shape index (κ2) is 6.38. The first kappa shape index (κ1) is 13.9. The lowest BCUT2D eigenvalue weighted by molar-refractivity contribution is 0.501. The van der Waals surface area contributed by atoms with E-state index >= 15 is 0 Å². The molecule has 0 bridgehead atoms. The Morgan fingerprint density at radius 1 is 1.07 bits per heavy atom. The van der Waals surface area contributed by atoms with Crippen molar-refractivity contribution < 1.29 is 0 Å². The maximum atomic E-state index is 2.43. The monoisotopic (exact) mass is 214 g/mol. The van der Waals surface area contributed by atoms with Crippen LogP contribution >= 0.6 is 0 Å². The fourth-order valence-corrected chi connectivity index (χ4v) is 3.34. The normalized spacial score (nSPS) is 13.4. The third-order valence-electron chi connectivity index (χ3n) is 2.97. The second-order valence-electron chi connectivity index (χ2n) is 4.43. The van der Waals surface area contributed by atoms with E-state index in [1.54, 1.807) is 0 Å². The zero-order valence-electron chi connectivity index (χ0n) is 10.7. The Labute approximate surface area is 90.8 Å². The first-order valence-corrected chi connectivity index (χ1v) is 7.95. The lowest BCUT2D eigenvalue weighted by Crippen LogP contribution is -2.57. The van der Waals surface area contributed by atoms with E-state index in [1.807, 2.05) is 0 Å². The molecule has 0 heterocycles. The van der Waals surface area contributed by atoms with Crippen molar-refractivity contribution >= 4 is 8.40 Å². The van der Waals surface area contributed by atoms with Crippen molar-refractivity contribution in [1.82, 2.24) is 9.13 Å². The van der Waals surface area contributed by atoms with E-state index in [2.05, 4.69) is 62.6 Å². The molecule has 0 aliphatic heterocycles. The molecule has 0 amide bonds. The van der Waals surface area contributed by atoms with Crippen LogP contribution in [0.15, 0.2) is 11.8 Å². The predicted octanol–water partition coefficient (Wildman–Crippen LogP) is 2.47. The largest absolute Gasteiger partial charge is 0.314 e. The standard InChI is InChI=1S/C11H26N2Si/c1-7-8-9-10-11-14(6,12(2)3)13(4)5/h10-11H,7-9H2,1-6H3/b11-10+. The third-order valence-corrected chi connectivity index (χ3v) is 7.46. The molecule has 0 aromatic rings. The van der Waals surface area contributed by atoms with Crippen molar-refractivity contribution in [2.24, 2.45) is 0 Å². The Hall–Kier alpha value is -0.123. The molecule has 0 fully saturated rings. The average Bonchev–Trinajstić information content (AvgIpc) is 2.11. The van der Waals surface area contributed by atoms with E-state index in [-0.39, 0.29) is 0 Å². The van der Waals surface area contributed by atoms with Gasteiger partial charge in [0.05, 0.1) is 0 Å². The van der Waals surface area contributed by atoms with E-state index < -0.39 is 8.40 Å². The third kappa shape index (κ3) is 3.94. The zero-order valence-corrected chi connectivity index (χ0v) is 11.7. The highest BCUT2D eigenvalue weighted by molar-refractivity contribution is 6.77. The van der Waals surface area contributed by atoms with Gasteiger partial charge in [0.1, 0.15) is 0 Å². The molecule has 0 rings (SSSR count). The Balaban J connectivity index is 4.30. The Morgan fingerprint density at radius 3 is 1.93 bits per heavy atom. The summed E-state index contributed by atoms with van der Waals surface area (Å²) in [5.41, 5.74) is 2.43. The van der Waals surface area contributed by atoms with Crippen LogP contribution in [0.25, 0.3) is 0 Å². The van der Waals surface area contributed by atoms with Crippen molar-refractivity contribution in [3.63, 3.8) is 0 Å². The van der Waals surface area contributed by atoms with Crippen LogP contribution in [-0.4, -0.2) is 45.7 Å². The van der Waals surface area contributed by atoms with Gasteiger partial charge < -0.3 is 9.13 Å². The molecular formula is C11H26N2Si. The van der Waals surface area contributed by atoms with Gasteiger partial charge in [0, 0.05) is 0 Å². The maximum absolute atomic E-state index is 2.43. The molecule has 0 N–H and O–H groups in total. The molecule has 0 aliphatic carbocycles. The first-order chi connectivity index (χ1) is 6.45. The van der Waals surface area contributed by atoms with Crippen molar-refractivity contribution in [2.45, 2.75) is 32.7 Å². The van der Waals surface area contributed by atoms with E-state index in [9.17, 15) is 0 Å². The van der Waals surface area contributed by atoms with Crippen molar-refractivity contribution in [2.75, 3.05) is 28.2 Å². The summed E-state index contributed by atoms with van der Waals surface area (Å²) in [4.78, 5) is 0. The van der Waals surface area contributed by atoms with Gasteiger partial charge in [-0.3, -0.25) is 0 Å². The molecule has 0 aliphatic rings. The van der Waals surface area contributed by atoms with Crippen LogP contribution in [-0.2, 0) is 0 Å². The number of hydrogen-bond donors (Lipinski definition) is 0. The molecule has 0 saturated heterocycles. The molecule has 2 nitrogen and oxygen atoms in total. The van der Waals surface area contributed by atoms with Gasteiger partial charge in [-0.15, -0.1) is 0 Å². The summed E-state index contributed by atoms with van der Waals surface area (Å²) in [6.45, 7) is 4.61. The second-order valence-corrected chi connectivity index (χ2v) is 8.74. The van der Waals surface area contributed by atoms with Gasteiger partial charge in [-0.1, -0.05) is 31.5 Å². The summed E-state index contributed by atoms with van der Waals surface area (Å²) in [5.74, 6) is 0. The summed E-state index contributed by atoms with van der Waals surface area (Å²) in [5, 5.41) is 0. The highest BCUT2D eigenvalue weighted by atomic mass is 28.3. The molecular weight excluding hydrogens is 188 g/mol. The van der Waals surface area contributed by atoms with Crippen LogP contribution in [0.3, 0.4) is 0 Å². The summed E-state index contributed by atoms with van der Waals surface area (Å²) >= 11 is 0. The molecule has 84 valence electrons. The topological polar surface area (TPSA) is 6.48 Å². The van der Waals surface area contributed by atoms with Gasteiger partial charge in [0.15, 0.2) is 0 Å². The van der Waals surface area contributed by atoms with Crippen LogP contribution < -0.4 is 0 Å². The lowest BCUT2D eigenvalue weighted by atomic mass is 10.2. The van der Waals surface area contributed by atoms with Crippen LogP contribution in [0.2, 0.25) is 6.55 Å². The van der Waals surface area contributed by atoms with Crippen LogP contribution in [0, 0.1) is 0 Å². The van der Waals surface area contributed by atoms with E-state index in [4.69, 9.17) is 0 Å². The lowest BCUT2D eigenvalue weighted by Gasteiger charge is -2.37. The number of rotatable bonds is 6. The predicted molar refractivity (Wildman–Crippen MR) is 67.7 cm³/mol. The van der Waals surface area contributed by atoms with Crippen LogP contribution in [0.4, 0.5) is 0 Å². The molecule has 0 aromatic carbocycles. The Morgan fingerprint density at radius 2 is 1.57 bits per heavy atom. The molecule has 0 unspecified atom stereocenters. The summed E-state index contributed by atoms with van der Waals surface area (Å²) < 4.78 is 4.74. The highest BCUT2D eigenvalue weighted by Crippen LogP contribution is 2.11. The Kier molecular flexibility index (Phi) is 6.32. The minimum absolute atomic E-state index is 1.22. The SMILES string of the molecule is CCCC/C=C/[Si](C)(N(C)C)N(C)C. The van der Waals surface area contributed by atoms with Gasteiger partial charge >= 0.3 is 0 Å². The molecule has 0 spiro atoms. The molecule has 0 radical (unpaired) electrons. The van der Waals surface area contributed by atoms with Crippen molar-refractivity contribution in [1.29, 1.82) is 0 Å². The zero-order chi connectivity index (χ0) is 11.2. The molecule has 0 aromatic heterocycles. The summed E-state index contributed by atoms with van der Waals surface area (Å²) in [7, 11) is 7.24. The van der Waals surface area contributed by atoms with Crippen molar-refractivity contribution in [3.05, 3.63) is 11.8 Å². The van der Waals surface area contributed by atoms with Gasteiger partial charge in [0.2, 0.25) is 8.40 Å². The smallest absolute Gasteiger partial charge is 0.228 e. The minimum Gasteiger partial charge on any atom is -0.314 e. The minimum atomic E-state index is -1.47. The maximum Gasteiger partial charge on any atom is 0.228 e.